The molecule has 0 radical (unpaired) electrons. The van der Waals surface area contributed by atoms with Gasteiger partial charge in [0, 0.05) is 19.6 Å². The first-order valence-electron chi connectivity index (χ1n) is 7.98. The van der Waals surface area contributed by atoms with Crippen LogP contribution < -0.4 is 10.0 Å². The van der Waals surface area contributed by atoms with Gasteiger partial charge in [-0.1, -0.05) is 13.8 Å². The lowest BCUT2D eigenvalue weighted by atomic mass is 9.98. The quantitative estimate of drug-likeness (QED) is 0.662. The van der Waals surface area contributed by atoms with Gasteiger partial charge in [-0.2, -0.15) is 12.7 Å². The van der Waals surface area contributed by atoms with Crippen LogP contribution in [-0.4, -0.2) is 45.4 Å². The smallest absolute Gasteiger partial charge is 0.279 e. The van der Waals surface area contributed by atoms with E-state index < -0.39 is 10.2 Å². The van der Waals surface area contributed by atoms with Crippen molar-refractivity contribution < 1.29 is 8.42 Å². The Hall–Kier alpha value is -0.170. The molecule has 0 amide bonds. The zero-order valence-electron chi connectivity index (χ0n) is 12.8. The molecule has 1 saturated carbocycles. The average Bonchev–Trinajstić information content (AvgIpc) is 3.14. The number of nitrogens with zero attached hydrogens (tertiary/aromatic N) is 1. The Morgan fingerprint density at radius 1 is 1.20 bits per heavy atom. The highest BCUT2D eigenvalue weighted by Crippen LogP contribution is 2.37. The summed E-state index contributed by atoms with van der Waals surface area (Å²) in [4.78, 5) is 0. The Morgan fingerprint density at radius 3 is 2.40 bits per heavy atom. The molecule has 2 fully saturated rings. The maximum absolute atomic E-state index is 12.2. The lowest BCUT2D eigenvalue weighted by Gasteiger charge is -2.31. The van der Waals surface area contributed by atoms with Gasteiger partial charge in [0.2, 0.25) is 0 Å². The summed E-state index contributed by atoms with van der Waals surface area (Å²) in [5.41, 5.74) is 0. The predicted octanol–water partition coefficient (Wildman–Crippen LogP) is 1.19. The predicted molar refractivity (Wildman–Crippen MR) is 81.7 cm³/mol. The van der Waals surface area contributed by atoms with Crippen LogP contribution in [0, 0.1) is 17.8 Å². The second kappa shape index (κ2) is 7.20. The van der Waals surface area contributed by atoms with Gasteiger partial charge in [-0.05, 0) is 56.5 Å². The molecule has 1 saturated heterocycles. The van der Waals surface area contributed by atoms with E-state index in [1.165, 1.54) is 0 Å². The molecule has 2 aliphatic rings. The number of piperidine rings is 1. The molecule has 118 valence electrons. The van der Waals surface area contributed by atoms with Crippen LogP contribution in [0.3, 0.4) is 0 Å². The Kier molecular flexibility index (Phi) is 5.84. The van der Waals surface area contributed by atoms with E-state index in [4.69, 9.17) is 0 Å². The summed E-state index contributed by atoms with van der Waals surface area (Å²) in [5.74, 6) is 1.87. The van der Waals surface area contributed by atoms with Gasteiger partial charge in [-0.15, -0.1) is 0 Å². The van der Waals surface area contributed by atoms with Gasteiger partial charge in [0.05, 0.1) is 0 Å². The average molecular weight is 303 g/mol. The monoisotopic (exact) mass is 303 g/mol. The van der Waals surface area contributed by atoms with E-state index in [0.29, 0.717) is 37.4 Å². The van der Waals surface area contributed by atoms with Gasteiger partial charge in [-0.25, -0.2) is 4.72 Å². The Bertz CT molecular complexity index is 391. The first-order chi connectivity index (χ1) is 9.53. The molecule has 2 atom stereocenters. The Labute approximate surface area is 123 Å². The van der Waals surface area contributed by atoms with Crippen LogP contribution >= 0.6 is 0 Å². The van der Waals surface area contributed by atoms with E-state index in [1.807, 2.05) is 0 Å². The Morgan fingerprint density at radius 2 is 1.85 bits per heavy atom. The standard InChI is InChI=1S/C14H29N3O2S/c1-3-6-15-10-13-4-7-17(8-5-13)20(18,19)16-11-14-9-12(14)2/h12-16H,3-11H2,1-2H3. The highest BCUT2D eigenvalue weighted by molar-refractivity contribution is 7.87. The number of rotatable bonds is 8. The van der Waals surface area contributed by atoms with E-state index in [9.17, 15) is 8.42 Å². The fourth-order valence-corrected chi connectivity index (χ4v) is 4.12. The van der Waals surface area contributed by atoms with E-state index in [0.717, 1.165) is 38.8 Å². The zero-order valence-corrected chi connectivity index (χ0v) is 13.6. The van der Waals surface area contributed by atoms with Gasteiger partial charge < -0.3 is 5.32 Å². The van der Waals surface area contributed by atoms with Gasteiger partial charge >= 0.3 is 0 Å². The van der Waals surface area contributed by atoms with E-state index in [-0.39, 0.29) is 0 Å². The van der Waals surface area contributed by atoms with Crippen molar-refractivity contribution in [2.24, 2.45) is 17.8 Å². The summed E-state index contributed by atoms with van der Waals surface area (Å²) in [6.07, 6.45) is 4.25. The van der Waals surface area contributed by atoms with Crippen molar-refractivity contribution in [3.8, 4) is 0 Å². The molecule has 0 aromatic carbocycles. The van der Waals surface area contributed by atoms with Crippen LogP contribution in [0.4, 0.5) is 0 Å². The van der Waals surface area contributed by atoms with Crippen molar-refractivity contribution in [2.75, 3.05) is 32.7 Å². The maximum atomic E-state index is 12.2. The van der Waals surface area contributed by atoms with E-state index in [2.05, 4.69) is 23.9 Å². The molecule has 1 aliphatic carbocycles. The Balaban J connectivity index is 1.69. The molecule has 2 rings (SSSR count). The normalized spacial score (nSPS) is 28.7. The van der Waals surface area contributed by atoms with E-state index in [1.54, 1.807) is 4.31 Å². The molecule has 1 heterocycles. The minimum atomic E-state index is -3.25. The molecule has 0 aromatic heterocycles. The lowest BCUT2D eigenvalue weighted by Crippen LogP contribution is -2.46. The molecule has 0 bridgehead atoms. The van der Waals surface area contributed by atoms with Crippen molar-refractivity contribution in [1.82, 2.24) is 14.3 Å². The van der Waals surface area contributed by atoms with Crippen LogP contribution in [0.25, 0.3) is 0 Å². The summed E-state index contributed by atoms with van der Waals surface area (Å²) in [6, 6.07) is 0. The SMILES string of the molecule is CCCNCC1CCN(S(=O)(=O)NCC2CC2C)CC1. The molecule has 6 heteroatoms. The highest BCUT2D eigenvalue weighted by atomic mass is 32.2. The van der Waals surface area contributed by atoms with Crippen molar-refractivity contribution in [2.45, 2.75) is 39.5 Å². The number of hydrogen-bond acceptors (Lipinski definition) is 3. The zero-order chi connectivity index (χ0) is 14.6. The summed E-state index contributed by atoms with van der Waals surface area (Å²) in [7, 11) is -3.25. The third-order valence-electron chi connectivity index (χ3n) is 4.58. The topological polar surface area (TPSA) is 61.4 Å². The van der Waals surface area contributed by atoms with Crippen molar-refractivity contribution in [3.63, 3.8) is 0 Å². The summed E-state index contributed by atoms with van der Waals surface area (Å²) < 4.78 is 28.8. The van der Waals surface area contributed by atoms with Crippen LogP contribution in [0.1, 0.15) is 39.5 Å². The molecule has 5 nitrogen and oxygen atoms in total. The fraction of sp³-hybridized carbons (Fsp3) is 1.00. The fourth-order valence-electron chi connectivity index (χ4n) is 2.82. The van der Waals surface area contributed by atoms with Gasteiger partial charge in [0.25, 0.3) is 10.2 Å². The van der Waals surface area contributed by atoms with Crippen LogP contribution in [0.15, 0.2) is 0 Å². The molecule has 2 N–H and O–H groups in total. The van der Waals surface area contributed by atoms with Gasteiger partial charge in [0.15, 0.2) is 0 Å². The van der Waals surface area contributed by atoms with Crippen molar-refractivity contribution in [1.29, 1.82) is 0 Å². The molecule has 0 aromatic rings. The second-order valence-electron chi connectivity index (χ2n) is 6.37. The summed E-state index contributed by atoms with van der Waals surface area (Å²) >= 11 is 0. The summed E-state index contributed by atoms with van der Waals surface area (Å²) in [6.45, 7) is 8.35. The highest BCUT2D eigenvalue weighted by Gasteiger charge is 2.35. The number of nitrogens with one attached hydrogen (secondary N) is 2. The molecule has 20 heavy (non-hydrogen) atoms. The molecule has 1 aliphatic heterocycles. The molecule has 2 unspecified atom stereocenters. The molecular formula is C14H29N3O2S. The molecule has 0 spiro atoms. The third kappa shape index (κ3) is 4.69. The van der Waals surface area contributed by atoms with Crippen LogP contribution in [-0.2, 0) is 10.2 Å². The summed E-state index contributed by atoms with van der Waals surface area (Å²) in [5, 5.41) is 3.43. The van der Waals surface area contributed by atoms with Crippen molar-refractivity contribution >= 4 is 10.2 Å². The first kappa shape index (κ1) is 16.2. The van der Waals surface area contributed by atoms with Crippen molar-refractivity contribution in [3.05, 3.63) is 0 Å². The maximum Gasteiger partial charge on any atom is 0.279 e. The second-order valence-corrected chi connectivity index (χ2v) is 8.13. The molecular weight excluding hydrogens is 274 g/mol. The van der Waals surface area contributed by atoms with Crippen LogP contribution in [0.2, 0.25) is 0 Å². The van der Waals surface area contributed by atoms with E-state index >= 15 is 0 Å². The minimum absolute atomic E-state index is 0.556. The largest absolute Gasteiger partial charge is 0.316 e. The van der Waals surface area contributed by atoms with Gasteiger partial charge in [0.1, 0.15) is 0 Å². The minimum Gasteiger partial charge on any atom is -0.316 e. The first-order valence-corrected chi connectivity index (χ1v) is 9.42. The van der Waals surface area contributed by atoms with Crippen LogP contribution in [0.5, 0.6) is 0 Å². The number of hydrogen-bond donors (Lipinski definition) is 2. The third-order valence-corrected chi connectivity index (χ3v) is 6.15. The lowest BCUT2D eigenvalue weighted by molar-refractivity contribution is 0.265. The van der Waals surface area contributed by atoms with Gasteiger partial charge in [-0.3, -0.25) is 0 Å².